The number of hydrogen-bond acceptors (Lipinski definition) is 6. The second-order valence-corrected chi connectivity index (χ2v) is 10.7. The van der Waals surface area contributed by atoms with Crippen molar-refractivity contribution in [2.45, 2.75) is 102 Å². The number of allylic oxidation sites excluding steroid dienone is 1. The van der Waals surface area contributed by atoms with Crippen LogP contribution in [0.2, 0.25) is 0 Å². The Hall–Kier alpha value is -2.19. The summed E-state index contributed by atoms with van der Waals surface area (Å²) < 4.78 is 12.5. The first-order valence-corrected chi connectivity index (χ1v) is 14.1. The molecule has 0 aromatic heterocycles. The lowest BCUT2D eigenvalue weighted by atomic mass is 9.65. The van der Waals surface area contributed by atoms with Crippen molar-refractivity contribution in [3.8, 4) is 0 Å². The summed E-state index contributed by atoms with van der Waals surface area (Å²) in [5.74, 6) is -2.45. The Morgan fingerprint density at radius 2 is 1.97 bits per heavy atom. The molecule has 0 saturated carbocycles. The maximum Gasteiger partial charge on any atom is 0.312 e. The molecule has 8 nitrogen and oxygen atoms in total. The Kier molecular flexibility index (Phi) is 9.98. The lowest BCUT2D eigenvalue weighted by Gasteiger charge is -2.39. The fourth-order valence-corrected chi connectivity index (χ4v) is 6.72. The molecule has 3 fully saturated rings. The van der Waals surface area contributed by atoms with Crippen LogP contribution in [0.15, 0.2) is 25.3 Å². The highest BCUT2D eigenvalue weighted by Gasteiger charge is 2.79. The molecule has 2 unspecified atom stereocenters. The minimum absolute atomic E-state index is 0.193. The summed E-state index contributed by atoms with van der Waals surface area (Å²) in [6, 6.07) is -1.42. The van der Waals surface area contributed by atoms with Gasteiger partial charge in [0.15, 0.2) is 0 Å². The number of amides is 2. The molecule has 37 heavy (non-hydrogen) atoms. The van der Waals surface area contributed by atoms with Gasteiger partial charge in [-0.1, -0.05) is 39.3 Å². The van der Waals surface area contributed by atoms with Crippen LogP contribution in [0.4, 0.5) is 0 Å². The van der Waals surface area contributed by atoms with E-state index >= 15 is 0 Å². The first-order chi connectivity index (χ1) is 17.8. The van der Waals surface area contributed by atoms with Crippen molar-refractivity contribution < 1.29 is 29.0 Å². The number of carbonyl (C=O) groups excluding carboxylic acids is 3. The Morgan fingerprint density at radius 3 is 2.57 bits per heavy atom. The Labute approximate surface area is 222 Å². The third-order valence-electron chi connectivity index (χ3n) is 8.67. The smallest absolute Gasteiger partial charge is 0.312 e. The van der Waals surface area contributed by atoms with E-state index in [2.05, 4.69) is 20.1 Å². The minimum atomic E-state index is -1.11. The summed E-state index contributed by atoms with van der Waals surface area (Å²) in [5, 5.41) is 10.2. The van der Waals surface area contributed by atoms with E-state index in [4.69, 9.17) is 9.47 Å². The number of likely N-dealkylation sites (tertiary alicyclic amines) is 1. The van der Waals surface area contributed by atoms with Gasteiger partial charge in [0, 0.05) is 13.1 Å². The highest BCUT2D eigenvalue weighted by molar-refractivity contribution is 5.98. The highest BCUT2D eigenvalue weighted by Crippen LogP contribution is 2.64. The predicted octanol–water partition coefficient (Wildman–Crippen LogP) is 3.63. The van der Waals surface area contributed by atoms with Gasteiger partial charge in [-0.3, -0.25) is 14.4 Å². The molecule has 0 aromatic carbocycles. The van der Waals surface area contributed by atoms with Crippen LogP contribution in [0.5, 0.6) is 0 Å². The van der Waals surface area contributed by atoms with Crippen molar-refractivity contribution in [2.75, 3.05) is 26.3 Å². The van der Waals surface area contributed by atoms with Gasteiger partial charge in [-0.15, -0.1) is 13.2 Å². The van der Waals surface area contributed by atoms with Crippen molar-refractivity contribution in [1.29, 1.82) is 0 Å². The molecule has 1 spiro atoms. The van der Waals surface area contributed by atoms with Crippen LogP contribution in [0, 0.1) is 11.8 Å². The van der Waals surface area contributed by atoms with E-state index in [0.717, 1.165) is 32.1 Å². The maximum atomic E-state index is 14.2. The molecule has 0 aromatic rings. The van der Waals surface area contributed by atoms with Crippen molar-refractivity contribution >= 4 is 17.8 Å². The number of esters is 1. The predicted molar refractivity (Wildman–Crippen MR) is 142 cm³/mol. The number of unbranched alkanes of at least 4 members (excludes halogenated alkanes) is 3. The number of rotatable bonds is 16. The van der Waals surface area contributed by atoms with Crippen LogP contribution in [0.25, 0.3) is 0 Å². The van der Waals surface area contributed by atoms with Crippen LogP contribution in [0.1, 0.15) is 78.6 Å². The number of fused-ring (bicyclic) bond motifs is 1. The molecule has 0 aliphatic carbocycles. The quantitative estimate of drug-likeness (QED) is 0.190. The monoisotopic (exact) mass is 518 g/mol. The van der Waals surface area contributed by atoms with E-state index in [-0.39, 0.29) is 25.0 Å². The number of nitrogens with zero attached hydrogens (tertiary/aromatic N) is 2. The molecule has 3 saturated heterocycles. The second kappa shape index (κ2) is 12.6. The van der Waals surface area contributed by atoms with Gasteiger partial charge < -0.3 is 24.4 Å². The number of hydrogen-bond donors (Lipinski definition) is 1. The summed E-state index contributed by atoms with van der Waals surface area (Å²) in [6.07, 6.45) is 9.88. The number of aliphatic hydroxyl groups excluding tert-OH is 1. The fraction of sp³-hybridized carbons (Fsp3) is 0.759. The molecule has 3 aliphatic heterocycles. The van der Waals surface area contributed by atoms with E-state index in [0.29, 0.717) is 38.8 Å². The Bertz CT molecular complexity index is 857. The van der Waals surface area contributed by atoms with E-state index in [1.54, 1.807) is 15.9 Å². The van der Waals surface area contributed by atoms with Crippen LogP contribution in [-0.2, 0) is 23.9 Å². The van der Waals surface area contributed by atoms with Crippen molar-refractivity contribution in [3.63, 3.8) is 0 Å². The summed E-state index contributed by atoms with van der Waals surface area (Å²) in [6.45, 7) is 14.4. The first-order valence-electron chi connectivity index (χ1n) is 14.1. The highest BCUT2D eigenvalue weighted by atomic mass is 16.6. The minimum Gasteiger partial charge on any atom is -0.465 e. The van der Waals surface area contributed by atoms with Gasteiger partial charge in [0.2, 0.25) is 11.8 Å². The topological polar surface area (TPSA) is 96.4 Å². The largest absolute Gasteiger partial charge is 0.465 e. The van der Waals surface area contributed by atoms with Crippen molar-refractivity contribution in [3.05, 3.63) is 25.3 Å². The molecule has 2 amide bonds. The van der Waals surface area contributed by atoms with Crippen LogP contribution in [-0.4, -0.2) is 82.3 Å². The average molecular weight is 519 g/mol. The Balaban J connectivity index is 2.01. The fourth-order valence-electron chi connectivity index (χ4n) is 6.72. The molecule has 0 radical (unpaired) electrons. The van der Waals surface area contributed by atoms with E-state index in [1.807, 2.05) is 19.9 Å². The van der Waals surface area contributed by atoms with Crippen LogP contribution in [0.3, 0.4) is 0 Å². The van der Waals surface area contributed by atoms with Crippen LogP contribution >= 0.6 is 0 Å². The van der Waals surface area contributed by atoms with Gasteiger partial charge in [-0.05, 0) is 51.4 Å². The molecular formula is C29H46N2O6. The van der Waals surface area contributed by atoms with Crippen LogP contribution < -0.4 is 0 Å². The third kappa shape index (κ3) is 5.11. The molecule has 2 bridgehead atoms. The SMILES string of the molecule is C=CCCCCOC(=O)[C@@H]1[C@H]2C(=O)N([C@@H](CC)CO)C(C(=O)N(CC=C)CCCC)C23CC[C@@]1(CC)O3. The molecule has 3 rings (SSSR count). The summed E-state index contributed by atoms with van der Waals surface area (Å²) in [7, 11) is 0. The van der Waals surface area contributed by atoms with Gasteiger partial charge in [-0.2, -0.15) is 0 Å². The number of aliphatic hydroxyl groups is 1. The molecule has 3 heterocycles. The molecule has 6 atom stereocenters. The number of ether oxygens (including phenoxy) is 2. The standard InChI is InChI=1S/C29H46N2O6/c1-6-11-13-14-19-36-27(35)23-22-25(33)31(21(9-4)20-32)24(26(34)30(17-8-3)18-12-7-2)29(22)16-15-28(23,10-5)37-29/h6,8,21-24,32H,1,3,7,9-20H2,2,4-5H3/t21-,22-,23-,24?,28+,29?/m0/s1. The first kappa shape index (κ1) is 29.4. The van der Waals surface area contributed by atoms with Gasteiger partial charge in [0.1, 0.15) is 17.6 Å². The lowest BCUT2D eigenvalue weighted by molar-refractivity contribution is -0.163. The normalized spacial score (nSPS) is 30.8. The van der Waals surface area contributed by atoms with Gasteiger partial charge in [-0.25, -0.2) is 0 Å². The summed E-state index contributed by atoms with van der Waals surface area (Å²) >= 11 is 0. The van der Waals surface area contributed by atoms with Crippen molar-refractivity contribution in [1.82, 2.24) is 9.80 Å². The van der Waals surface area contributed by atoms with Gasteiger partial charge >= 0.3 is 5.97 Å². The van der Waals surface area contributed by atoms with E-state index in [9.17, 15) is 19.5 Å². The molecule has 3 aliphatic rings. The third-order valence-corrected chi connectivity index (χ3v) is 8.67. The lowest BCUT2D eigenvalue weighted by Crippen LogP contribution is -2.59. The molecule has 1 N–H and O–H groups in total. The summed E-state index contributed by atoms with van der Waals surface area (Å²) in [4.78, 5) is 45.2. The van der Waals surface area contributed by atoms with Crippen molar-refractivity contribution in [2.24, 2.45) is 11.8 Å². The average Bonchev–Trinajstić information content (AvgIpc) is 3.51. The zero-order valence-electron chi connectivity index (χ0n) is 23.0. The molecule has 8 heteroatoms. The second-order valence-electron chi connectivity index (χ2n) is 10.7. The summed E-state index contributed by atoms with van der Waals surface area (Å²) in [5.41, 5.74) is -1.93. The maximum absolute atomic E-state index is 14.2. The number of carbonyl (C=O) groups is 3. The Morgan fingerprint density at radius 1 is 1.22 bits per heavy atom. The van der Waals surface area contributed by atoms with Gasteiger partial charge in [0.05, 0.1) is 30.8 Å². The van der Waals surface area contributed by atoms with Gasteiger partial charge in [0.25, 0.3) is 0 Å². The zero-order valence-corrected chi connectivity index (χ0v) is 23.0. The van der Waals surface area contributed by atoms with E-state index < -0.39 is 41.1 Å². The zero-order chi connectivity index (χ0) is 27.2. The molecular weight excluding hydrogens is 472 g/mol. The molecule has 208 valence electrons. The van der Waals surface area contributed by atoms with E-state index in [1.165, 1.54) is 0 Å².